The third kappa shape index (κ3) is 2.48. The second-order valence-electron chi connectivity index (χ2n) is 5.13. The van der Waals surface area contributed by atoms with Gasteiger partial charge in [0, 0.05) is 9.58 Å². The average Bonchev–Trinajstić information content (AvgIpc) is 2.93. The van der Waals surface area contributed by atoms with Crippen molar-refractivity contribution in [3.8, 4) is 0 Å². The minimum atomic E-state index is 1.24. The Balaban J connectivity index is 1.76. The molecule has 0 saturated heterocycles. The van der Waals surface area contributed by atoms with Crippen molar-refractivity contribution in [3.63, 3.8) is 0 Å². The largest absolute Gasteiger partial charge is 0.136 e. The number of thiophene rings is 1. The molecule has 0 N–H and O–H groups in total. The van der Waals surface area contributed by atoms with Crippen LogP contribution in [-0.2, 0) is 0 Å². The van der Waals surface area contributed by atoms with Crippen LogP contribution in [0, 0.1) is 0 Å². The molecule has 4 aromatic rings. The van der Waals surface area contributed by atoms with Gasteiger partial charge in [-0.3, -0.25) is 0 Å². The molecule has 0 aliphatic rings. The number of rotatable bonds is 2. The highest BCUT2D eigenvalue weighted by Gasteiger charge is 2.01. The van der Waals surface area contributed by atoms with Gasteiger partial charge in [-0.1, -0.05) is 60.7 Å². The molecule has 0 nitrogen and oxygen atoms in total. The summed E-state index contributed by atoms with van der Waals surface area (Å²) < 4.78 is 1.35. The Labute approximate surface area is 128 Å². The van der Waals surface area contributed by atoms with E-state index in [1.807, 2.05) is 17.4 Å². The topological polar surface area (TPSA) is 0 Å². The minimum absolute atomic E-state index is 1.24. The molecule has 0 saturated carbocycles. The molecule has 3 aromatic carbocycles. The van der Waals surface area contributed by atoms with E-state index in [0.29, 0.717) is 0 Å². The van der Waals surface area contributed by atoms with Gasteiger partial charge >= 0.3 is 0 Å². The smallest absolute Gasteiger partial charge is 0.0355 e. The Kier molecular flexibility index (Phi) is 3.06. The molecule has 100 valence electrons. The fraction of sp³-hybridized carbons (Fsp3) is 0. The maximum absolute atomic E-state index is 2.29. The van der Waals surface area contributed by atoms with Crippen molar-refractivity contribution in [2.24, 2.45) is 0 Å². The molecule has 0 radical (unpaired) electrons. The highest BCUT2D eigenvalue weighted by molar-refractivity contribution is 7.20. The molecular weight excluding hydrogens is 272 g/mol. The first-order chi connectivity index (χ1) is 10.4. The van der Waals surface area contributed by atoms with Crippen molar-refractivity contribution < 1.29 is 0 Å². The van der Waals surface area contributed by atoms with Gasteiger partial charge in [0.2, 0.25) is 0 Å². The van der Waals surface area contributed by atoms with E-state index >= 15 is 0 Å². The van der Waals surface area contributed by atoms with Crippen molar-refractivity contribution in [1.29, 1.82) is 0 Å². The van der Waals surface area contributed by atoms with E-state index in [-0.39, 0.29) is 0 Å². The Bertz CT molecular complexity index is 877. The molecule has 0 spiro atoms. The van der Waals surface area contributed by atoms with E-state index in [9.17, 15) is 0 Å². The predicted molar refractivity (Wildman–Crippen MR) is 94.7 cm³/mol. The van der Waals surface area contributed by atoms with Crippen LogP contribution in [0.4, 0.5) is 0 Å². The first kappa shape index (κ1) is 12.4. The highest BCUT2D eigenvalue weighted by Crippen LogP contribution is 2.31. The summed E-state index contributed by atoms with van der Waals surface area (Å²) in [5.74, 6) is 0. The van der Waals surface area contributed by atoms with Gasteiger partial charge in [0.05, 0.1) is 0 Å². The molecular formula is C20H14S. The van der Waals surface area contributed by atoms with Crippen LogP contribution in [0.5, 0.6) is 0 Å². The molecule has 1 aromatic heterocycles. The lowest BCUT2D eigenvalue weighted by Crippen LogP contribution is -1.70. The van der Waals surface area contributed by atoms with Gasteiger partial charge in [0.15, 0.2) is 0 Å². The summed E-state index contributed by atoms with van der Waals surface area (Å²) in [5, 5.41) is 3.94. The van der Waals surface area contributed by atoms with E-state index in [1.54, 1.807) is 0 Å². The molecule has 1 heteroatoms. The summed E-state index contributed by atoms with van der Waals surface area (Å²) in [5.41, 5.74) is 1.24. The van der Waals surface area contributed by atoms with Crippen LogP contribution in [0.3, 0.4) is 0 Å². The Morgan fingerprint density at radius 1 is 0.619 bits per heavy atom. The molecule has 21 heavy (non-hydrogen) atoms. The molecule has 0 aliphatic heterocycles. The van der Waals surface area contributed by atoms with E-state index in [2.05, 4.69) is 78.9 Å². The van der Waals surface area contributed by atoms with Gasteiger partial charge in [0.1, 0.15) is 0 Å². The van der Waals surface area contributed by atoms with Crippen LogP contribution >= 0.6 is 11.3 Å². The molecule has 0 atom stereocenters. The second kappa shape index (κ2) is 5.19. The average molecular weight is 286 g/mol. The third-order valence-corrected chi connectivity index (χ3v) is 4.71. The van der Waals surface area contributed by atoms with Gasteiger partial charge in [-0.15, -0.1) is 11.3 Å². The SMILES string of the molecule is C(=C\c1cc2cc3ccccc3cc2s1)/c1ccccc1. The van der Waals surface area contributed by atoms with E-state index in [1.165, 1.54) is 31.3 Å². The Morgan fingerprint density at radius 2 is 1.33 bits per heavy atom. The molecule has 0 aliphatic carbocycles. The number of hydrogen-bond donors (Lipinski definition) is 0. The number of hydrogen-bond acceptors (Lipinski definition) is 1. The summed E-state index contributed by atoms with van der Waals surface area (Å²) in [6.07, 6.45) is 4.37. The summed E-state index contributed by atoms with van der Waals surface area (Å²) >= 11 is 1.84. The Hall–Kier alpha value is -2.38. The summed E-state index contributed by atoms with van der Waals surface area (Å²) in [7, 11) is 0. The van der Waals surface area contributed by atoms with E-state index in [0.717, 1.165) is 0 Å². The molecule has 0 amide bonds. The highest BCUT2D eigenvalue weighted by atomic mass is 32.1. The van der Waals surface area contributed by atoms with Crippen LogP contribution in [0.15, 0.2) is 72.8 Å². The van der Waals surface area contributed by atoms with Gasteiger partial charge in [0.25, 0.3) is 0 Å². The lowest BCUT2D eigenvalue weighted by Gasteiger charge is -1.96. The lowest BCUT2D eigenvalue weighted by atomic mass is 10.1. The fourth-order valence-corrected chi connectivity index (χ4v) is 3.57. The molecule has 0 unspecified atom stereocenters. The van der Waals surface area contributed by atoms with Gasteiger partial charge in [-0.25, -0.2) is 0 Å². The van der Waals surface area contributed by atoms with Crippen molar-refractivity contribution in [3.05, 3.63) is 83.2 Å². The Morgan fingerprint density at radius 3 is 2.14 bits per heavy atom. The van der Waals surface area contributed by atoms with Gasteiger partial charge in [-0.05, 0) is 46.0 Å². The van der Waals surface area contributed by atoms with Crippen LogP contribution in [0.2, 0.25) is 0 Å². The molecule has 0 bridgehead atoms. The van der Waals surface area contributed by atoms with Gasteiger partial charge < -0.3 is 0 Å². The van der Waals surface area contributed by atoms with Crippen LogP contribution < -0.4 is 0 Å². The standard InChI is InChI=1S/C20H14S/c1-2-6-15(7-3-1)10-11-19-13-18-12-16-8-4-5-9-17(16)14-20(18)21-19/h1-14H/b11-10+. The zero-order valence-corrected chi connectivity index (χ0v) is 12.3. The van der Waals surface area contributed by atoms with Crippen LogP contribution in [-0.4, -0.2) is 0 Å². The first-order valence-corrected chi connectivity index (χ1v) is 7.86. The van der Waals surface area contributed by atoms with Gasteiger partial charge in [-0.2, -0.15) is 0 Å². The number of fused-ring (bicyclic) bond motifs is 2. The third-order valence-electron chi connectivity index (χ3n) is 3.64. The molecule has 4 rings (SSSR count). The number of benzene rings is 3. The predicted octanol–water partition coefficient (Wildman–Crippen LogP) is 6.22. The minimum Gasteiger partial charge on any atom is -0.136 e. The monoisotopic (exact) mass is 286 g/mol. The quantitative estimate of drug-likeness (QED) is 0.410. The summed E-state index contributed by atoms with van der Waals surface area (Å²) in [6, 6.07) is 25.8. The maximum Gasteiger partial charge on any atom is 0.0355 e. The van der Waals surface area contributed by atoms with Crippen molar-refractivity contribution in [1.82, 2.24) is 0 Å². The van der Waals surface area contributed by atoms with Crippen LogP contribution in [0.1, 0.15) is 10.4 Å². The first-order valence-electron chi connectivity index (χ1n) is 7.04. The van der Waals surface area contributed by atoms with E-state index in [4.69, 9.17) is 0 Å². The summed E-state index contributed by atoms with van der Waals surface area (Å²) in [6.45, 7) is 0. The lowest BCUT2D eigenvalue weighted by molar-refractivity contribution is 1.67. The van der Waals surface area contributed by atoms with Crippen molar-refractivity contribution in [2.45, 2.75) is 0 Å². The zero-order chi connectivity index (χ0) is 14.1. The zero-order valence-electron chi connectivity index (χ0n) is 11.5. The van der Waals surface area contributed by atoms with Crippen LogP contribution in [0.25, 0.3) is 33.0 Å². The molecule has 0 fully saturated rings. The van der Waals surface area contributed by atoms with Crippen molar-refractivity contribution >= 4 is 44.3 Å². The normalized spacial score (nSPS) is 11.6. The molecule has 1 heterocycles. The summed E-state index contributed by atoms with van der Waals surface area (Å²) in [4.78, 5) is 1.30. The van der Waals surface area contributed by atoms with Crippen molar-refractivity contribution in [2.75, 3.05) is 0 Å². The van der Waals surface area contributed by atoms with E-state index < -0.39 is 0 Å². The maximum atomic E-state index is 2.29. The fourth-order valence-electron chi connectivity index (χ4n) is 2.57. The second-order valence-corrected chi connectivity index (χ2v) is 6.25.